The van der Waals surface area contributed by atoms with Crippen LogP contribution in [0.1, 0.15) is 12.0 Å². The predicted octanol–water partition coefficient (Wildman–Crippen LogP) is 0.714. The molecule has 1 rings (SSSR count). The third kappa shape index (κ3) is 5.61. The SMILES string of the molecule is N#CCCNC(=O)CNCc1ccc([N+](=O)[O-])cc1. The lowest BCUT2D eigenvalue weighted by atomic mass is 10.2. The molecule has 0 atom stereocenters. The van der Waals surface area contributed by atoms with Crippen LogP contribution in [0, 0.1) is 21.4 Å². The molecule has 0 heterocycles. The number of hydrogen-bond donors (Lipinski definition) is 2. The number of benzene rings is 1. The predicted molar refractivity (Wildman–Crippen MR) is 68.0 cm³/mol. The molecule has 0 unspecified atom stereocenters. The third-order valence-electron chi connectivity index (χ3n) is 2.32. The van der Waals surface area contributed by atoms with E-state index in [0.717, 1.165) is 5.56 Å². The molecule has 0 aromatic heterocycles. The van der Waals surface area contributed by atoms with Crippen LogP contribution in [0.15, 0.2) is 24.3 Å². The first kappa shape index (κ1) is 14.6. The molecule has 2 N–H and O–H groups in total. The lowest BCUT2D eigenvalue weighted by Gasteiger charge is -2.05. The van der Waals surface area contributed by atoms with E-state index in [0.29, 0.717) is 13.1 Å². The summed E-state index contributed by atoms with van der Waals surface area (Å²) in [5.74, 6) is -0.183. The number of nitrogens with zero attached hydrogens (tertiary/aromatic N) is 2. The molecule has 1 amide bonds. The fourth-order valence-corrected chi connectivity index (χ4v) is 1.38. The van der Waals surface area contributed by atoms with Gasteiger partial charge in [-0.25, -0.2) is 0 Å². The standard InChI is InChI=1S/C12H14N4O3/c13-6-1-7-15-12(17)9-14-8-10-2-4-11(5-3-10)16(18)19/h2-5,14H,1,7-9H2,(H,15,17). The van der Waals surface area contributed by atoms with Crippen molar-refractivity contribution in [1.82, 2.24) is 10.6 Å². The average Bonchev–Trinajstić information content (AvgIpc) is 2.39. The molecule has 1 aromatic rings. The Hall–Kier alpha value is -2.46. The summed E-state index contributed by atoms with van der Waals surface area (Å²) >= 11 is 0. The number of nitriles is 1. The molecule has 19 heavy (non-hydrogen) atoms. The van der Waals surface area contributed by atoms with E-state index >= 15 is 0 Å². The molecule has 0 bridgehead atoms. The minimum Gasteiger partial charge on any atom is -0.354 e. The van der Waals surface area contributed by atoms with Crippen molar-refractivity contribution in [3.63, 3.8) is 0 Å². The van der Waals surface area contributed by atoms with Crippen LogP contribution in [-0.4, -0.2) is 23.9 Å². The molecular weight excluding hydrogens is 248 g/mol. The molecule has 7 heteroatoms. The van der Waals surface area contributed by atoms with Crippen LogP contribution in [0.25, 0.3) is 0 Å². The Labute approximate surface area is 110 Å². The zero-order valence-electron chi connectivity index (χ0n) is 10.3. The summed E-state index contributed by atoms with van der Waals surface area (Å²) in [7, 11) is 0. The van der Waals surface area contributed by atoms with E-state index in [4.69, 9.17) is 5.26 Å². The lowest BCUT2D eigenvalue weighted by Crippen LogP contribution is -2.34. The highest BCUT2D eigenvalue weighted by atomic mass is 16.6. The number of rotatable bonds is 7. The van der Waals surface area contributed by atoms with Crippen LogP contribution >= 0.6 is 0 Å². The van der Waals surface area contributed by atoms with Gasteiger partial charge < -0.3 is 10.6 Å². The number of carbonyl (C=O) groups is 1. The van der Waals surface area contributed by atoms with Gasteiger partial charge in [0.1, 0.15) is 0 Å². The maximum atomic E-state index is 11.3. The summed E-state index contributed by atoms with van der Waals surface area (Å²) in [6, 6.07) is 8.05. The molecule has 0 saturated heterocycles. The Morgan fingerprint density at radius 2 is 2.05 bits per heavy atom. The number of hydrogen-bond acceptors (Lipinski definition) is 5. The van der Waals surface area contributed by atoms with Crippen molar-refractivity contribution < 1.29 is 9.72 Å². The molecular formula is C12H14N4O3. The van der Waals surface area contributed by atoms with Crippen LogP contribution in [0.3, 0.4) is 0 Å². The second kappa shape index (κ2) is 7.79. The first-order valence-electron chi connectivity index (χ1n) is 5.71. The van der Waals surface area contributed by atoms with Crippen LogP contribution in [0.5, 0.6) is 0 Å². The minimum atomic E-state index is -0.458. The molecule has 0 aliphatic carbocycles. The van der Waals surface area contributed by atoms with E-state index in [2.05, 4.69) is 10.6 Å². The molecule has 0 spiro atoms. The van der Waals surface area contributed by atoms with Crippen molar-refractivity contribution in [3.8, 4) is 6.07 Å². The maximum Gasteiger partial charge on any atom is 0.269 e. The van der Waals surface area contributed by atoms with Gasteiger partial charge in [-0.05, 0) is 5.56 Å². The van der Waals surface area contributed by atoms with E-state index in [-0.39, 0.29) is 24.6 Å². The van der Waals surface area contributed by atoms with Crippen molar-refractivity contribution in [3.05, 3.63) is 39.9 Å². The zero-order chi connectivity index (χ0) is 14.1. The maximum absolute atomic E-state index is 11.3. The number of nitro groups is 1. The number of amides is 1. The molecule has 7 nitrogen and oxygen atoms in total. The highest BCUT2D eigenvalue weighted by molar-refractivity contribution is 5.77. The minimum absolute atomic E-state index is 0.0398. The Morgan fingerprint density at radius 1 is 1.37 bits per heavy atom. The fraction of sp³-hybridized carbons (Fsp3) is 0.333. The second-order valence-electron chi connectivity index (χ2n) is 3.79. The zero-order valence-corrected chi connectivity index (χ0v) is 10.3. The van der Waals surface area contributed by atoms with Crippen molar-refractivity contribution in [2.45, 2.75) is 13.0 Å². The normalized spacial score (nSPS) is 9.63. The summed E-state index contributed by atoms with van der Waals surface area (Å²) in [4.78, 5) is 21.3. The molecule has 0 fully saturated rings. The highest BCUT2D eigenvalue weighted by Crippen LogP contribution is 2.11. The van der Waals surface area contributed by atoms with E-state index < -0.39 is 4.92 Å². The number of nitro benzene ring substituents is 1. The molecule has 100 valence electrons. The van der Waals surface area contributed by atoms with Gasteiger partial charge in [-0.15, -0.1) is 0 Å². The number of non-ortho nitro benzene ring substituents is 1. The van der Waals surface area contributed by atoms with Crippen molar-refractivity contribution in [1.29, 1.82) is 5.26 Å². The van der Waals surface area contributed by atoms with E-state index in [1.54, 1.807) is 12.1 Å². The summed E-state index contributed by atoms with van der Waals surface area (Å²) in [5.41, 5.74) is 0.897. The van der Waals surface area contributed by atoms with Crippen LogP contribution < -0.4 is 10.6 Å². The average molecular weight is 262 g/mol. The largest absolute Gasteiger partial charge is 0.354 e. The van der Waals surface area contributed by atoms with Gasteiger partial charge in [0.05, 0.1) is 24.0 Å². The van der Waals surface area contributed by atoms with E-state index in [9.17, 15) is 14.9 Å². The first-order chi connectivity index (χ1) is 9.13. The van der Waals surface area contributed by atoms with Gasteiger partial charge in [-0.2, -0.15) is 5.26 Å². The van der Waals surface area contributed by atoms with E-state index in [1.807, 2.05) is 6.07 Å². The second-order valence-corrected chi connectivity index (χ2v) is 3.79. The van der Waals surface area contributed by atoms with Crippen LogP contribution in [0.2, 0.25) is 0 Å². The van der Waals surface area contributed by atoms with Gasteiger partial charge in [-0.3, -0.25) is 14.9 Å². The van der Waals surface area contributed by atoms with Crippen molar-refractivity contribution in [2.75, 3.05) is 13.1 Å². The summed E-state index contributed by atoms with van der Waals surface area (Å²) in [6.07, 6.45) is 0.286. The van der Waals surface area contributed by atoms with Gasteiger partial charge in [0.15, 0.2) is 0 Å². The van der Waals surface area contributed by atoms with Gasteiger partial charge in [-0.1, -0.05) is 12.1 Å². The van der Waals surface area contributed by atoms with Gasteiger partial charge in [0.2, 0.25) is 5.91 Å². The lowest BCUT2D eigenvalue weighted by molar-refractivity contribution is -0.384. The van der Waals surface area contributed by atoms with Crippen molar-refractivity contribution in [2.24, 2.45) is 0 Å². The van der Waals surface area contributed by atoms with Crippen LogP contribution in [0.4, 0.5) is 5.69 Å². The molecule has 0 radical (unpaired) electrons. The monoisotopic (exact) mass is 262 g/mol. The third-order valence-corrected chi connectivity index (χ3v) is 2.32. The van der Waals surface area contributed by atoms with E-state index in [1.165, 1.54) is 12.1 Å². The Bertz CT molecular complexity index is 479. The Kier molecular flexibility index (Phi) is 5.98. The van der Waals surface area contributed by atoms with Crippen molar-refractivity contribution >= 4 is 11.6 Å². The molecule has 0 aliphatic rings. The quantitative estimate of drug-likeness (QED) is 0.427. The highest BCUT2D eigenvalue weighted by Gasteiger charge is 2.04. The topological polar surface area (TPSA) is 108 Å². The summed E-state index contributed by atoms with van der Waals surface area (Å²) in [6.45, 7) is 0.931. The number of nitrogens with one attached hydrogen (secondary N) is 2. The smallest absolute Gasteiger partial charge is 0.269 e. The molecule has 1 aromatic carbocycles. The summed E-state index contributed by atoms with van der Waals surface area (Å²) in [5, 5.41) is 24.2. The molecule has 0 saturated carbocycles. The summed E-state index contributed by atoms with van der Waals surface area (Å²) < 4.78 is 0. The molecule has 0 aliphatic heterocycles. The van der Waals surface area contributed by atoms with Gasteiger partial charge >= 0.3 is 0 Å². The Morgan fingerprint density at radius 3 is 2.63 bits per heavy atom. The van der Waals surface area contributed by atoms with Crippen LogP contribution in [-0.2, 0) is 11.3 Å². The van der Waals surface area contributed by atoms with Gasteiger partial charge in [0.25, 0.3) is 5.69 Å². The Balaban J connectivity index is 2.27. The number of carbonyl (C=O) groups excluding carboxylic acids is 1. The van der Waals surface area contributed by atoms with Gasteiger partial charge in [0, 0.05) is 25.2 Å². The fourth-order valence-electron chi connectivity index (χ4n) is 1.38. The first-order valence-corrected chi connectivity index (χ1v) is 5.71.